The Morgan fingerprint density at radius 3 is 2.47 bits per heavy atom. The molecule has 1 heterocycles. The van der Waals surface area contributed by atoms with Crippen molar-refractivity contribution in [1.82, 2.24) is 4.90 Å². The number of amidine groups is 1. The number of nitrogens with two attached hydrogens (primary N) is 1. The summed E-state index contributed by atoms with van der Waals surface area (Å²) in [6.45, 7) is 0.838. The second-order valence-corrected chi connectivity index (χ2v) is 6.70. The molecule has 1 aliphatic rings. The summed E-state index contributed by atoms with van der Waals surface area (Å²) in [5, 5.41) is 19.1. The largest absolute Gasteiger partial charge is 0.469 e. The van der Waals surface area contributed by atoms with Crippen molar-refractivity contribution in [2.24, 2.45) is 5.73 Å². The Labute approximate surface area is 172 Å². The second-order valence-electron chi connectivity index (χ2n) is 6.70. The van der Waals surface area contributed by atoms with Crippen LogP contribution in [0.25, 0.3) is 11.1 Å². The SMILES string of the molecule is COC(=O)CCN1CCN(c2ccc(-c3ccc(C(=N)N)cc3)cc2[N+](=O)[O-])C1=O. The van der Waals surface area contributed by atoms with Crippen LogP contribution >= 0.6 is 0 Å². The van der Waals surface area contributed by atoms with Gasteiger partial charge in [-0.1, -0.05) is 30.3 Å². The fraction of sp³-hybridized carbons (Fsp3) is 0.250. The second kappa shape index (κ2) is 8.60. The van der Waals surface area contributed by atoms with E-state index in [1.165, 1.54) is 23.0 Å². The van der Waals surface area contributed by atoms with Crippen molar-refractivity contribution in [1.29, 1.82) is 5.41 Å². The number of esters is 1. The van der Waals surface area contributed by atoms with Gasteiger partial charge in [-0.15, -0.1) is 0 Å². The standard InChI is InChI=1S/C20H21N5O5/c1-30-18(26)8-9-23-10-11-24(20(23)27)16-7-6-15(12-17(16)25(28)29)13-2-4-14(5-3-13)19(21)22/h2-7,12H,8-11H2,1H3,(H3,21,22). The van der Waals surface area contributed by atoms with Gasteiger partial charge in [0.25, 0.3) is 5.69 Å². The summed E-state index contributed by atoms with van der Waals surface area (Å²) in [5.74, 6) is -0.487. The number of rotatable bonds is 7. The van der Waals surface area contributed by atoms with Crippen LogP contribution < -0.4 is 10.6 Å². The maximum absolute atomic E-state index is 12.7. The van der Waals surface area contributed by atoms with Crippen LogP contribution in [-0.2, 0) is 9.53 Å². The maximum atomic E-state index is 12.7. The first kappa shape index (κ1) is 20.8. The highest BCUT2D eigenvalue weighted by Crippen LogP contribution is 2.35. The number of methoxy groups -OCH3 is 1. The third kappa shape index (κ3) is 4.22. The third-order valence-electron chi connectivity index (χ3n) is 4.90. The van der Waals surface area contributed by atoms with Crippen LogP contribution in [0.3, 0.4) is 0 Å². The molecule has 2 amide bonds. The smallest absolute Gasteiger partial charge is 0.324 e. The Morgan fingerprint density at radius 1 is 1.20 bits per heavy atom. The van der Waals surface area contributed by atoms with Crippen LogP contribution in [0.15, 0.2) is 42.5 Å². The van der Waals surface area contributed by atoms with Crippen molar-refractivity contribution in [3.63, 3.8) is 0 Å². The number of amides is 2. The van der Waals surface area contributed by atoms with Crippen molar-refractivity contribution < 1.29 is 19.2 Å². The highest BCUT2D eigenvalue weighted by molar-refractivity contribution is 5.97. The van der Waals surface area contributed by atoms with Gasteiger partial charge in [-0.05, 0) is 17.2 Å². The number of carbonyl (C=O) groups is 2. The van der Waals surface area contributed by atoms with E-state index in [1.54, 1.807) is 36.4 Å². The van der Waals surface area contributed by atoms with Crippen molar-refractivity contribution in [2.75, 3.05) is 31.6 Å². The van der Waals surface area contributed by atoms with Gasteiger partial charge in [-0.3, -0.25) is 25.2 Å². The predicted molar refractivity (Wildman–Crippen MR) is 110 cm³/mol. The van der Waals surface area contributed by atoms with Gasteiger partial charge in [0.2, 0.25) is 0 Å². The molecule has 0 bridgehead atoms. The molecule has 3 N–H and O–H groups in total. The molecule has 10 heteroatoms. The Kier molecular flexibility index (Phi) is 5.95. The Morgan fingerprint density at radius 2 is 1.87 bits per heavy atom. The first-order chi connectivity index (χ1) is 14.3. The molecule has 2 aromatic carbocycles. The Balaban J connectivity index is 1.85. The number of carbonyl (C=O) groups excluding carboxylic acids is 2. The van der Waals surface area contributed by atoms with Gasteiger partial charge in [0.15, 0.2) is 0 Å². The summed E-state index contributed by atoms with van der Waals surface area (Å²) >= 11 is 0. The van der Waals surface area contributed by atoms with E-state index in [-0.39, 0.29) is 42.8 Å². The summed E-state index contributed by atoms with van der Waals surface area (Å²) in [7, 11) is 1.28. The topological polar surface area (TPSA) is 143 Å². The summed E-state index contributed by atoms with van der Waals surface area (Å²) in [6, 6.07) is 11.1. The van der Waals surface area contributed by atoms with Crippen molar-refractivity contribution in [2.45, 2.75) is 6.42 Å². The average molecular weight is 411 g/mol. The van der Waals surface area contributed by atoms with Crippen LogP contribution in [0.5, 0.6) is 0 Å². The summed E-state index contributed by atoms with van der Waals surface area (Å²) in [6.07, 6.45) is 0.0629. The predicted octanol–water partition coefficient (Wildman–Crippen LogP) is 2.35. The number of benzene rings is 2. The number of hydrogen-bond donors (Lipinski definition) is 2. The lowest BCUT2D eigenvalue weighted by atomic mass is 10.0. The Hall–Kier alpha value is -3.95. The van der Waals surface area contributed by atoms with E-state index >= 15 is 0 Å². The molecule has 0 unspecified atom stereocenters. The summed E-state index contributed by atoms with van der Waals surface area (Å²) in [4.78, 5) is 38.0. The molecule has 30 heavy (non-hydrogen) atoms. The zero-order valence-electron chi connectivity index (χ0n) is 16.3. The molecular formula is C20H21N5O5. The number of nitrogens with zero attached hydrogens (tertiary/aromatic N) is 3. The van der Waals surface area contributed by atoms with E-state index in [1.807, 2.05) is 0 Å². The Bertz CT molecular complexity index is 1010. The highest BCUT2D eigenvalue weighted by atomic mass is 16.6. The van der Waals surface area contributed by atoms with Gasteiger partial charge >= 0.3 is 12.0 Å². The zero-order valence-corrected chi connectivity index (χ0v) is 16.3. The third-order valence-corrected chi connectivity index (χ3v) is 4.90. The number of nitro groups is 1. The molecule has 0 atom stereocenters. The fourth-order valence-electron chi connectivity index (χ4n) is 3.26. The van der Waals surface area contributed by atoms with Crippen LogP contribution in [0, 0.1) is 15.5 Å². The lowest BCUT2D eigenvalue weighted by Gasteiger charge is -2.18. The number of nitro benzene ring substituents is 1. The molecule has 0 aromatic heterocycles. The highest BCUT2D eigenvalue weighted by Gasteiger charge is 2.33. The lowest BCUT2D eigenvalue weighted by Crippen LogP contribution is -2.33. The number of nitrogen functional groups attached to an aromatic ring is 1. The van der Waals surface area contributed by atoms with Gasteiger partial charge in [-0.2, -0.15) is 0 Å². The van der Waals surface area contributed by atoms with E-state index in [0.717, 1.165) is 5.56 Å². The number of nitrogens with one attached hydrogen (secondary N) is 1. The molecule has 2 aromatic rings. The van der Waals surface area contributed by atoms with E-state index in [4.69, 9.17) is 11.1 Å². The monoisotopic (exact) mass is 411 g/mol. The minimum Gasteiger partial charge on any atom is -0.469 e. The van der Waals surface area contributed by atoms with Gasteiger partial charge in [-0.25, -0.2) is 4.79 Å². The minimum atomic E-state index is -0.521. The molecule has 156 valence electrons. The molecule has 1 saturated heterocycles. The summed E-state index contributed by atoms with van der Waals surface area (Å²) < 4.78 is 4.58. The fourth-order valence-corrected chi connectivity index (χ4v) is 3.26. The van der Waals surface area contributed by atoms with E-state index in [9.17, 15) is 19.7 Å². The van der Waals surface area contributed by atoms with Gasteiger partial charge in [0.1, 0.15) is 11.5 Å². The summed E-state index contributed by atoms with van der Waals surface area (Å²) in [5.41, 5.74) is 7.35. The number of ether oxygens (including phenoxy) is 1. The lowest BCUT2D eigenvalue weighted by molar-refractivity contribution is -0.384. The molecule has 0 aliphatic carbocycles. The maximum Gasteiger partial charge on any atom is 0.324 e. The number of urea groups is 1. The first-order valence-electron chi connectivity index (χ1n) is 9.18. The quantitative estimate of drug-likeness (QED) is 0.235. The zero-order chi connectivity index (χ0) is 21.8. The van der Waals surface area contributed by atoms with E-state index < -0.39 is 10.9 Å². The van der Waals surface area contributed by atoms with Crippen LogP contribution in [0.1, 0.15) is 12.0 Å². The van der Waals surface area contributed by atoms with E-state index in [2.05, 4.69) is 4.74 Å². The molecule has 0 radical (unpaired) electrons. The van der Waals surface area contributed by atoms with Crippen molar-refractivity contribution in [3.05, 3.63) is 58.1 Å². The molecule has 0 spiro atoms. The molecule has 1 aliphatic heterocycles. The molecule has 1 fully saturated rings. The van der Waals surface area contributed by atoms with Crippen LogP contribution in [0.2, 0.25) is 0 Å². The molecule has 10 nitrogen and oxygen atoms in total. The number of hydrogen-bond acceptors (Lipinski definition) is 6. The van der Waals surface area contributed by atoms with Gasteiger partial charge in [0, 0.05) is 31.3 Å². The van der Waals surface area contributed by atoms with E-state index in [0.29, 0.717) is 17.7 Å². The van der Waals surface area contributed by atoms with Crippen molar-refractivity contribution >= 4 is 29.2 Å². The van der Waals surface area contributed by atoms with Crippen LogP contribution in [-0.4, -0.2) is 54.4 Å². The molecule has 0 saturated carbocycles. The minimum absolute atomic E-state index is 0.0628. The normalized spacial score (nSPS) is 13.4. The van der Waals surface area contributed by atoms with Crippen molar-refractivity contribution in [3.8, 4) is 11.1 Å². The number of anilines is 1. The van der Waals surface area contributed by atoms with Gasteiger partial charge < -0.3 is 15.4 Å². The molecule has 3 rings (SSSR count). The molecular weight excluding hydrogens is 390 g/mol. The van der Waals surface area contributed by atoms with Gasteiger partial charge in [0.05, 0.1) is 18.5 Å². The first-order valence-corrected chi connectivity index (χ1v) is 9.18. The average Bonchev–Trinajstić information content (AvgIpc) is 3.11. The van der Waals surface area contributed by atoms with Crippen LogP contribution in [0.4, 0.5) is 16.2 Å².